The molecule has 0 atom stereocenters. The Bertz CT molecular complexity index is 1170. The molecule has 0 aliphatic carbocycles. The second-order valence-electron chi connectivity index (χ2n) is 7.43. The summed E-state index contributed by atoms with van der Waals surface area (Å²) in [4.78, 5) is 18.0. The van der Waals surface area contributed by atoms with Crippen molar-refractivity contribution in [1.82, 2.24) is 30.2 Å². The van der Waals surface area contributed by atoms with Crippen LogP contribution in [0.3, 0.4) is 0 Å². The van der Waals surface area contributed by atoms with Crippen LogP contribution in [0.1, 0.15) is 29.6 Å². The van der Waals surface area contributed by atoms with Crippen molar-refractivity contribution in [2.45, 2.75) is 33.9 Å². The van der Waals surface area contributed by atoms with E-state index in [-0.39, 0.29) is 0 Å². The number of rotatable bonds is 7. The van der Waals surface area contributed by atoms with E-state index < -0.39 is 0 Å². The maximum Gasteiger partial charge on any atom is 0.226 e. The molecule has 0 aliphatic rings. The molecule has 8 nitrogen and oxygen atoms in total. The van der Waals surface area contributed by atoms with E-state index in [1.807, 2.05) is 67.2 Å². The lowest BCUT2D eigenvalue weighted by Crippen LogP contribution is -2.36. The van der Waals surface area contributed by atoms with Crippen molar-refractivity contribution in [3.05, 3.63) is 83.9 Å². The molecule has 2 N–H and O–H groups in total. The van der Waals surface area contributed by atoms with Crippen molar-refractivity contribution < 1.29 is 4.42 Å². The third-order valence-corrected chi connectivity index (χ3v) is 4.93. The Kier molecular flexibility index (Phi) is 6.60. The first-order valence-corrected chi connectivity index (χ1v) is 10.6. The van der Waals surface area contributed by atoms with Gasteiger partial charge in [-0.2, -0.15) is 0 Å². The van der Waals surface area contributed by atoms with Crippen molar-refractivity contribution in [2.75, 3.05) is 6.54 Å². The number of aliphatic imine (C=N–C) groups is 1. The van der Waals surface area contributed by atoms with Crippen LogP contribution >= 0.6 is 0 Å². The molecule has 0 amide bonds. The van der Waals surface area contributed by atoms with Crippen molar-refractivity contribution in [3.8, 4) is 17.3 Å². The Morgan fingerprint density at radius 2 is 1.91 bits per heavy atom. The van der Waals surface area contributed by atoms with Gasteiger partial charge >= 0.3 is 0 Å². The van der Waals surface area contributed by atoms with E-state index in [2.05, 4.69) is 37.5 Å². The number of pyridine rings is 1. The van der Waals surface area contributed by atoms with Gasteiger partial charge < -0.3 is 15.1 Å². The molecular formula is C24H27N7O. The second kappa shape index (κ2) is 9.91. The fourth-order valence-corrected chi connectivity index (χ4v) is 3.18. The Morgan fingerprint density at radius 1 is 1.06 bits per heavy atom. The number of nitrogens with one attached hydrogen (secondary N) is 2. The summed E-state index contributed by atoms with van der Waals surface area (Å²) in [6.07, 6.45) is 7.18. The zero-order valence-corrected chi connectivity index (χ0v) is 18.5. The number of benzene rings is 1. The number of aryl methyl sites for hydroxylation is 2. The summed E-state index contributed by atoms with van der Waals surface area (Å²) in [6.45, 7) is 7.83. The average Bonchev–Trinajstić information content (AvgIpc) is 3.46. The van der Waals surface area contributed by atoms with Crippen LogP contribution in [0.2, 0.25) is 0 Å². The summed E-state index contributed by atoms with van der Waals surface area (Å²) in [5.74, 6) is 3.07. The van der Waals surface area contributed by atoms with Gasteiger partial charge in [0.1, 0.15) is 17.9 Å². The number of nitrogens with zero attached hydrogens (tertiary/aromatic N) is 5. The lowest BCUT2D eigenvalue weighted by atomic mass is 10.1. The van der Waals surface area contributed by atoms with Crippen LogP contribution in [0.15, 0.2) is 70.7 Å². The number of guanidine groups is 1. The highest BCUT2D eigenvalue weighted by Crippen LogP contribution is 2.19. The summed E-state index contributed by atoms with van der Waals surface area (Å²) in [5, 5.41) is 6.56. The molecule has 1 aromatic carbocycles. The van der Waals surface area contributed by atoms with E-state index in [0.29, 0.717) is 24.9 Å². The summed E-state index contributed by atoms with van der Waals surface area (Å²) in [6, 6.07) is 12.1. The van der Waals surface area contributed by atoms with Crippen molar-refractivity contribution >= 4 is 5.96 Å². The minimum Gasteiger partial charge on any atom is -0.444 e. The molecule has 0 unspecified atom stereocenters. The summed E-state index contributed by atoms with van der Waals surface area (Å²) < 4.78 is 7.58. The molecule has 0 saturated heterocycles. The molecule has 4 rings (SSSR count). The minimum atomic E-state index is 0.512. The second-order valence-corrected chi connectivity index (χ2v) is 7.43. The molecule has 164 valence electrons. The number of hydrogen-bond donors (Lipinski definition) is 2. The Labute approximate surface area is 187 Å². The van der Waals surface area contributed by atoms with Gasteiger partial charge in [-0.3, -0.25) is 4.57 Å². The van der Waals surface area contributed by atoms with E-state index in [4.69, 9.17) is 4.42 Å². The molecule has 3 aromatic heterocycles. The lowest BCUT2D eigenvalue weighted by molar-refractivity contribution is 0.572. The van der Waals surface area contributed by atoms with Gasteiger partial charge in [0.15, 0.2) is 5.96 Å². The quantitative estimate of drug-likeness (QED) is 0.343. The van der Waals surface area contributed by atoms with E-state index in [9.17, 15) is 0 Å². The van der Waals surface area contributed by atoms with Crippen LogP contribution in [0, 0.1) is 13.8 Å². The lowest BCUT2D eigenvalue weighted by Gasteiger charge is -2.10. The SMILES string of the molecule is CCNC(=NCc1ccc(-n2ccnc2C)nc1)NCc1coc(-c2ccc(C)cc2)n1. The maximum atomic E-state index is 5.64. The standard InChI is InChI=1S/C24H27N7O/c1-4-25-24(28-14-19-7-10-22(27-13-19)31-12-11-26-18(31)3)29-15-21-16-32-23(30-21)20-8-5-17(2)6-9-20/h5-13,16H,4,14-15H2,1-3H3,(H2,25,28,29). The van der Waals surface area contributed by atoms with Crippen molar-refractivity contribution in [3.63, 3.8) is 0 Å². The number of oxazole rings is 1. The zero-order valence-electron chi connectivity index (χ0n) is 18.5. The molecule has 0 bridgehead atoms. The highest BCUT2D eigenvalue weighted by molar-refractivity contribution is 5.79. The molecule has 0 saturated carbocycles. The first-order chi connectivity index (χ1) is 15.6. The fraction of sp³-hybridized carbons (Fsp3) is 0.250. The highest BCUT2D eigenvalue weighted by atomic mass is 16.3. The third kappa shape index (κ3) is 5.21. The van der Waals surface area contributed by atoms with Crippen LogP contribution in [0.4, 0.5) is 0 Å². The normalized spacial score (nSPS) is 11.5. The van der Waals surface area contributed by atoms with Gasteiger partial charge in [-0.15, -0.1) is 0 Å². The first kappa shape index (κ1) is 21.3. The van der Waals surface area contributed by atoms with Gasteiger partial charge in [0.2, 0.25) is 5.89 Å². The number of imidazole rings is 1. The van der Waals surface area contributed by atoms with E-state index in [0.717, 1.165) is 35.0 Å². The number of aromatic nitrogens is 4. The summed E-state index contributed by atoms with van der Waals surface area (Å²) in [5.41, 5.74) is 4.00. The predicted molar refractivity (Wildman–Crippen MR) is 124 cm³/mol. The average molecular weight is 430 g/mol. The summed E-state index contributed by atoms with van der Waals surface area (Å²) in [7, 11) is 0. The van der Waals surface area contributed by atoms with Gasteiger partial charge in [-0.1, -0.05) is 23.8 Å². The van der Waals surface area contributed by atoms with Gasteiger partial charge in [-0.25, -0.2) is 19.9 Å². The van der Waals surface area contributed by atoms with Crippen LogP contribution in [0.5, 0.6) is 0 Å². The molecule has 0 fully saturated rings. The first-order valence-electron chi connectivity index (χ1n) is 10.6. The monoisotopic (exact) mass is 429 g/mol. The van der Waals surface area contributed by atoms with E-state index >= 15 is 0 Å². The third-order valence-electron chi connectivity index (χ3n) is 4.93. The predicted octanol–water partition coefficient (Wildman–Crippen LogP) is 3.79. The Hall–Kier alpha value is -3.94. The highest BCUT2D eigenvalue weighted by Gasteiger charge is 2.08. The minimum absolute atomic E-state index is 0.512. The largest absolute Gasteiger partial charge is 0.444 e. The van der Waals surface area contributed by atoms with Crippen molar-refractivity contribution in [2.24, 2.45) is 4.99 Å². The summed E-state index contributed by atoms with van der Waals surface area (Å²) >= 11 is 0. The smallest absolute Gasteiger partial charge is 0.226 e. The molecule has 32 heavy (non-hydrogen) atoms. The van der Waals surface area contributed by atoms with Crippen LogP contribution in [0.25, 0.3) is 17.3 Å². The van der Waals surface area contributed by atoms with E-state index in [1.165, 1.54) is 5.56 Å². The maximum absolute atomic E-state index is 5.64. The zero-order chi connectivity index (χ0) is 22.3. The van der Waals surface area contributed by atoms with Crippen LogP contribution in [-0.2, 0) is 13.1 Å². The van der Waals surface area contributed by atoms with Crippen molar-refractivity contribution in [1.29, 1.82) is 0 Å². The molecule has 0 aliphatic heterocycles. The molecule has 0 radical (unpaired) electrons. The molecule has 8 heteroatoms. The van der Waals surface area contributed by atoms with Crippen LogP contribution < -0.4 is 10.6 Å². The molecule has 0 spiro atoms. The fourth-order valence-electron chi connectivity index (χ4n) is 3.18. The molecule has 4 aromatic rings. The number of hydrogen-bond acceptors (Lipinski definition) is 5. The van der Waals surface area contributed by atoms with Gasteiger partial charge in [0.05, 0.1) is 18.8 Å². The van der Waals surface area contributed by atoms with E-state index in [1.54, 1.807) is 12.5 Å². The Balaban J connectivity index is 1.37. The topological polar surface area (TPSA) is 93.2 Å². The van der Waals surface area contributed by atoms with Gasteiger partial charge in [0.25, 0.3) is 0 Å². The van der Waals surface area contributed by atoms with Gasteiger partial charge in [-0.05, 0) is 44.5 Å². The molecule has 3 heterocycles. The van der Waals surface area contributed by atoms with Crippen LogP contribution in [-0.4, -0.2) is 32.0 Å². The van der Waals surface area contributed by atoms with Gasteiger partial charge in [0, 0.05) is 30.7 Å². The molecular weight excluding hydrogens is 402 g/mol. The Morgan fingerprint density at radius 3 is 2.59 bits per heavy atom.